The van der Waals surface area contributed by atoms with Crippen LogP contribution in [0.2, 0.25) is 0 Å². The fourth-order valence-electron chi connectivity index (χ4n) is 2.12. The maximum atomic E-state index is 13.8. The van der Waals surface area contributed by atoms with Gasteiger partial charge in [0, 0.05) is 10.0 Å². The molecule has 1 unspecified atom stereocenters. The first-order chi connectivity index (χ1) is 9.29. The molecule has 106 valence electrons. The lowest BCUT2D eigenvalue weighted by molar-refractivity contribution is 0.471. The van der Waals surface area contributed by atoms with Crippen molar-refractivity contribution in [3.63, 3.8) is 0 Å². The molecule has 0 heterocycles. The van der Waals surface area contributed by atoms with E-state index in [1.807, 2.05) is 0 Å². The SMILES string of the molecule is Cc1ccc(C(C)(N)Cc2cc(Br)ccc2F)cc1F. The second-order valence-corrected chi connectivity index (χ2v) is 6.21. The van der Waals surface area contributed by atoms with Crippen molar-refractivity contribution in [1.29, 1.82) is 0 Å². The van der Waals surface area contributed by atoms with Gasteiger partial charge in [0.1, 0.15) is 11.6 Å². The quantitative estimate of drug-likeness (QED) is 0.878. The predicted octanol–water partition coefficient (Wildman–Crippen LogP) is 4.45. The monoisotopic (exact) mass is 339 g/mol. The van der Waals surface area contributed by atoms with E-state index in [4.69, 9.17) is 5.73 Å². The highest BCUT2D eigenvalue weighted by Crippen LogP contribution is 2.27. The molecule has 20 heavy (non-hydrogen) atoms. The first kappa shape index (κ1) is 15.1. The highest BCUT2D eigenvalue weighted by Gasteiger charge is 2.24. The molecular formula is C16H16BrF2N. The van der Waals surface area contributed by atoms with Crippen LogP contribution in [-0.2, 0) is 12.0 Å². The zero-order chi connectivity index (χ0) is 14.9. The van der Waals surface area contributed by atoms with Gasteiger partial charge in [0.2, 0.25) is 0 Å². The van der Waals surface area contributed by atoms with Gasteiger partial charge in [-0.15, -0.1) is 0 Å². The molecule has 0 aliphatic rings. The van der Waals surface area contributed by atoms with Gasteiger partial charge in [-0.1, -0.05) is 28.1 Å². The van der Waals surface area contributed by atoms with Crippen molar-refractivity contribution in [3.05, 3.63) is 69.2 Å². The first-order valence-corrected chi connectivity index (χ1v) is 7.08. The van der Waals surface area contributed by atoms with E-state index in [2.05, 4.69) is 15.9 Å². The largest absolute Gasteiger partial charge is 0.321 e. The van der Waals surface area contributed by atoms with Crippen LogP contribution in [0.1, 0.15) is 23.6 Å². The highest BCUT2D eigenvalue weighted by atomic mass is 79.9. The van der Waals surface area contributed by atoms with E-state index in [9.17, 15) is 8.78 Å². The maximum absolute atomic E-state index is 13.8. The molecule has 1 nitrogen and oxygen atoms in total. The molecule has 2 aromatic carbocycles. The average molecular weight is 340 g/mol. The maximum Gasteiger partial charge on any atom is 0.126 e. The Morgan fingerprint density at radius 3 is 2.45 bits per heavy atom. The molecule has 0 bridgehead atoms. The third-order valence-electron chi connectivity index (χ3n) is 3.40. The number of aryl methyl sites for hydroxylation is 1. The van der Waals surface area contributed by atoms with Crippen LogP contribution in [0.5, 0.6) is 0 Å². The zero-order valence-corrected chi connectivity index (χ0v) is 13.0. The standard InChI is InChI=1S/C16H16BrF2N/c1-10-3-4-12(8-15(10)19)16(2,20)9-11-7-13(17)5-6-14(11)18/h3-8H,9,20H2,1-2H3. The highest BCUT2D eigenvalue weighted by molar-refractivity contribution is 9.10. The van der Waals surface area contributed by atoms with Gasteiger partial charge in [0.05, 0.1) is 0 Å². The normalized spacial score (nSPS) is 14.1. The van der Waals surface area contributed by atoms with E-state index in [0.29, 0.717) is 23.1 Å². The lowest BCUT2D eigenvalue weighted by atomic mass is 9.86. The average Bonchev–Trinajstić information content (AvgIpc) is 2.36. The molecule has 0 spiro atoms. The summed E-state index contributed by atoms with van der Waals surface area (Å²) in [5, 5.41) is 0. The second kappa shape index (κ2) is 5.62. The molecule has 0 radical (unpaired) electrons. The molecule has 0 aromatic heterocycles. The predicted molar refractivity (Wildman–Crippen MR) is 80.5 cm³/mol. The summed E-state index contributed by atoms with van der Waals surface area (Å²) in [5.74, 6) is -0.605. The summed E-state index contributed by atoms with van der Waals surface area (Å²) in [5.41, 5.74) is 7.15. The summed E-state index contributed by atoms with van der Waals surface area (Å²) in [6.07, 6.45) is 0.292. The lowest BCUT2D eigenvalue weighted by Crippen LogP contribution is -2.36. The minimum absolute atomic E-state index is 0.292. The van der Waals surface area contributed by atoms with E-state index in [-0.39, 0.29) is 11.6 Å². The van der Waals surface area contributed by atoms with Crippen molar-refractivity contribution in [2.75, 3.05) is 0 Å². The van der Waals surface area contributed by atoms with Gasteiger partial charge in [0.15, 0.2) is 0 Å². The van der Waals surface area contributed by atoms with Crippen molar-refractivity contribution in [1.82, 2.24) is 0 Å². The van der Waals surface area contributed by atoms with Crippen LogP contribution in [-0.4, -0.2) is 0 Å². The van der Waals surface area contributed by atoms with Crippen LogP contribution in [0.15, 0.2) is 40.9 Å². The molecule has 0 saturated carbocycles. The van der Waals surface area contributed by atoms with Crippen molar-refractivity contribution < 1.29 is 8.78 Å². The Balaban J connectivity index is 2.34. The fraction of sp³-hybridized carbons (Fsp3) is 0.250. The Morgan fingerprint density at radius 2 is 1.80 bits per heavy atom. The van der Waals surface area contributed by atoms with Crippen LogP contribution >= 0.6 is 15.9 Å². The number of halogens is 3. The summed E-state index contributed by atoms with van der Waals surface area (Å²) >= 11 is 3.31. The fourth-order valence-corrected chi connectivity index (χ4v) is 2.53. The molecule has 2 rings (SSSR count). The topological polar surface area (TPSA) is 26.0 Å². The van der Waals surface area contributed by atoms with Crippen molar-refractivity contribution in [3.8, 4) is 0 Å². The van der Waals surface area contributed by atoms with Gasteiger partial charge in [0.25, 0.3) is 0 Å². The van der Waals surface area contributed by atoms with Crippen LogP contribution in [0.4, 0.5) is 8.78 Å². The van der Waals surface area contributed by atoms with E-state index in [0.717, 1.165) is 4.47 Å². The lowest BCUT2D eigenvalue weighted by Gasteiger charge is -2.26. The third kappa shape index (κ3) is 3.25. The van der Waals surface area contributed by atoms with Gasteiger partial charge < -0.3 is 5.73 Å². The number of rotatable bonds is 3. The molecule has 0 aliphatic carbocycles. The van der Waals surface area contributed by atoms with Crippen LogP contribution < -0.4 is 5.73 Å². The second-order valence-electron chi connectivity index (χ2n) is 5.29. The molecule has 2 N–H and O–H groups in total. The minimum atomic E-state index is -0.837. The van der Waals surface area contributed by atoms with Crippen LogP contribution in [0, 0.1) is 18.6 Å². The smallest absolute Gasteiger partial charge is 0.126 e. The van der Waals surface area contributed by atoms with E-state index >= 15 is 0 Å². The van der Waals surface area contributed by atoms with Crippen LogP contribution in [0.25, 0.3) is 0 Å². The summed E-state index contributed by atoms with van der Waals surface area (Å²) in [7, 11) is 0. The van der Waals surface area contributed by atoms with Gasteiger partial charge in [-0.25, -0.2) is 8.78 Å². The van der Waals surface area contributed by atoms with Crippen LogP contribution in [0.3, 0.4) is 0 Å². The Labute approximate surface area is 125 Å². The molecule has 2 aromatic rings. The summed E-state index contributed by atoms with van der Waals surface area (Å²) in [4.78, 5) is 0. The summed E-state index contributed by atoms with van der Waals surface area (Å²) < 4.78 is 28.3. The van der Waals surface area contributed by atoms with E-state index in [1.165, 1.54) is 12.1 Å². The van der Waals surface area contributed by atoms with Gasteiger partial charge >= 0.3 is 0 Å². The van der Waals surface area contributed by atoms with Gasteiger partial charge in [-0.2, -0.15) is 0 Å². The van der Waals surface area contributed by atoms with Crippen molar-refractivity contribution in [2.45, 2.75) is 25.8 Å². The summed E-state index contributed by atoms with van der Waals surface area (Å²) in [6, 6.07) is 9.63. The minimum Gasteiger partial charge on any atom is -0.321 e. The van der Waals surface area contributed by atoms with E-state index in [1.54, 1.807) is 38.1 Å². The van der Waals surface area contributed by atoms with Gasteiger partial charge in [-0.3, -0.25) is 0 Å². The van der Waals surface area contributed by atoms with Gasteiger partial charge in [-0.05, 0) is 61.2 Å². The first-order valence-electron chi connectivity index (χ1n) is 6.29. The molecule has 1 atom stereocenters. The molecule has 0 amide bonds. The molecule has 0 aliphatic heterocycles. The third-order valence-corrected chi connectivity index (χ3v) is 3.89. The Kier molecular flexibility index (Phi) is 4.25. The van der Waals surface area contributed by atoms with Crippen molar-refractivity contribution in [2.24, 2.45) is 5.73 Å². The zero-order valence-electron chi connectivity index (χ0n) is 11.4. The molecule has 0 fully saturated rings. The number of benzene rings is 2. The molecule has 0 saturated heterocycles. The molecular weight excluding hydrogens is 324 g/mol. The Morgan fingerprint density at radius 1 is 1.10 bits per heavy atom. The Bertz CT molecular complexity index is 638. The van der Waals surface area contributed by atoms with Crippen molar-refractivity contribution >= 4 is 15.9 Å². The number of hydrogen-bond acceptors (Lipinski definition) is 1. The number of hydrogen-bond donors (Lipinski definition) is 1. The number of nitrogens with two attached hydrogens (primary N) is 1. The molecule has 4 heteroatoms. The summed E-state index contributed by atoms with van der Waals surface area (Å²) in [6.45, 7) is 3.47. The van der Waals surface area contributed by atoms with E-state index < -0.39 is 5.54 Å². The Hall–Kier alpha value is -1.26.